The van der Waals surface area contributed by atoms with E-state index in [1.165, 1.54) is 7.11 Å². The van der Waals surface area contributed by atoms with Gasteiger partial charge in [0.25, 0.3) is 0 Å². The van der Waals surface area contributed by atoms with Crippen LogP contribution in [0.2, 0.25) is 0 Å². The second-order valence-corrected chi connectivity index (χ2v) is 12.4. The highest BCUT2D eigenvalue weighted by Crippen LogP contribution is 2.39. The zero-order chi connectivity index (χ0) is 35.0. The van der Waals surface area contributed by atoms with Crippen LogP contribution in [0.5, 0.6) is 0 Å². The maximum absolute atomic E-state index is 12.3. The number of fused-ring (bicyclic) bond motifs is 5. The Bertz CT molecular complexity index is 2530. The van der Waals surface area contributed by atoms with Gasteiger partial charge in [-0.3, -0.25) is 19.9 Å². The van der Waals surface area contributed by atoms with E-state index in [2.05, 4.69) is 44.2 Å². The summed E-state index contributed by atoms with van der Waals surface area (Å²) in [7, 11) is 1.38. The molecule has 0 fully saturated rings. The Morgan fingerprint density at radius 1 is 0.558 bits per heavy atom. The molecule has 1 N–H and O–H groups in total. The maximum Gasteiger partial charge on any atom is 0.337 e. The van der Waals surface area contributed by atoms with E-state index in [1.54, 1.807) is 36.9 Å². The lowest BCUT2D eigenvalue weighted by Crippen LogP contribution is -2.12. The molecule has 9 nitrogen and oxygen atoms in total. The van der Waals surface area contributed by atoms with Gasteiger partial charge < -0.3 is 9.72 Å². The number of methoxy groups -OCH3 is 1. The number of hydrogen-bond donors (Lipinski definition) is 1. The molecule has 52 heavy (non-hydrogen) atoms. The number of pyridine rings is 3. The highest BCUT2D eigenvalue weighted by Gasteiger charge is 2.28. The smallest absolute Gasteiger partial charge is 0.337 e. The monoisotopic (exact) mass is 675 g/mol. The van der Waals surface area contributed by atoms with Crippen LogP contribution in [0.15, 0.2) is 179 Å². The molecule has 0 saturated heterocycles. The van der Waals surface area contributed by atoms with Crippen LogP contribution in [-0.4, -0.2) is 50.2 Å². The number of aromatic nitrogens is 4. The number of carbonyl (C=O) groups is 1. The molecule has 0 spiro atoms. The van der Waals surface area contributed by atoms with E-state index in [1.807, 2.05) is 85.2 Å². The molecule has 1 unspecified atom stereocenters. The maximum atomic E-state index is 12.3. The van der Waals surface area contributed by atoms with Crippen molar-refractivity contribution in [2.75, 3.05) is 7.11 Å². The van der Waals surface area contributed by atoms with Gasteiger partial charge in [0.2, 0.25) is 0 Å². The summed E-state index contributed by atoms with van der Waals surface area (Å²) in [5, 5.41) is 0. The third kappa shape index (κ3) is 5.50. The number of ether oxygens (including phenoxy) is 1. The summed E-state index contributed by atoms with van der Waals surface area (Å²) in [5.41, 5.74) is 13.5. The van der Waals surface area contributed by atoms with Gasteiger partial charge >= 0.3 is 5.97 Å². The number of allylic oxidation sites excluding steroid dienone is 8. The normalized spacial score (nSPS) is 21.6. The van der Waals surface area contributed by atoms with Crippen molar-refractivity contribution in [1.29, 1.82) is 0 Å². The van der Waals surface area contributed by atoms with E-state index in [9.17, 15) is 4.79 Å². The van der Waals surface area contributed by atoms with E-state index in [0.717, 1.165) is 84.6 Å². The topological polar surface area (TPSA) is 118 Å². The number of hydrogen-bond acceptors (Lipinski definition) is 8. The first-order chi connectivity index (χ1) is 25.6. The lowest BCUT2D eigenvalue weighted by Gasteiger charge is -2.16. The summed E-state index contributed by atoms with van der Waals surface area (Å²) in [6, 6.07) is 23.6. The molecule has 5 aromatic rings. The zero-order valence-electron chi connectivity index (χ0n) is 27.9. The number of rotatable bonds is 5. The molecule has 9 rings (SSSR count). The summed E-state index contributed by atoms with van der Waals surface area (Å²) in [5.74, 6) is -0.599. The van der Waals surface area contributed by atoms with Crippen molar-refractivity contribution in [2.45, 2.75) is 5.92 Å². The third-order valence-electron chi connectivity index (χ3n) is 9.38. The first kappa shape index (κ1) is 30.9. The predicted octanol–water partition coefficient (Wildman–Crippen LogP) is 7.75. The second-order valence-electron chi connectivity index (χ2n) is 12.4. The van der Waals surface area contributed by atoms with Gasteiger partial charge in [-0.05, 0) is 119 Å². The predicted molar refractivity (Wildman–Crippen MR) is 203 cm³/mol. The van der Waals surface area contributed by atoms with Crippen LogP contribution in [0, 0.1) is 0 Å². The summed E-state index contributed by atoms with van der Waals surface area (Å²) in [6.45, 7) is 0. The first-order valence-corrected chi connectivity index (χ1v) is 16.8. The van der Waals surface area contributed by atoms with Gasteiger partial charge in [-0.15, -0.1) is 0 Å². The molecule has 8 heterocycles. The van der Waals surface area contributed by atoms with Gasteiger partial charge in [0, 0.05) is 65.3 Å². The molecule has 4 aromatic heterocycles. The van der Waals surface area contributed by atoms with Crippen LogP contribution >= 0.6 is 0 Å². The first-order valence-electron chi connectivity index (χ1n) is 16.8. The number of nitrogens with one attached hydrogen (secondary N) is 1. The van der Waals surface area contributed by atoms with Crippen molar-refractivity contribution in [3.05, 3.63) is 203 Å². The number of nitrogens with zero attached hydrogens (tertiary/aromatic N) is 6. The Hall–Kier alpha value is -7.13. The number of aliphatic imine (C=N–C) groups is 3. The molecule has 0 saturated carbocycles. The molecular weight excluding hydrogens is 647 g/mol. The molecule has 0 aliphatic carbocycles. The van der Waals surface area contributed by atoms with Crippen LogP contribution in [-0.2, 0) is 4.74 Å². The zero-order valence-corrected chi connectivity index (χ0v) is 27.9. The van der Waals surface area contributed by atoms with Crippen molar-refractivity contribution in [3.8, 4) is 0 Å². The Morgan fingerprint density at radius 2 is 1.08 bits per heavy atom. The van der Waals surface area contributed by atoms with Crippen LogP contribution in [0.4, 0.5) is 0 Å². The Kier molecular flexibility index (Phi) is 7.70. The fourth-order valence-corrected chi connectivity index (χ4v) is 6.97. The molecule has 8 bridgehead atoms. The minimum atomic E-state index is -0.400. The lowest BCUT2D eigenvalue weighted by atomic mass is 9.92. The van der Waals surface area contributed by atoms with Crippen LogP contribution in [0.1, 0.15) is 49.9 Å². The standard InChI is InChI=1S/C43H29N7O2/c1-52-43(51)30-4-2-26(3-5-30)39-31-6-8-33(47-31)40(27-14-20-44-21-15-27)35-10-12-37(49-35)42(29-18-24-46-25-19-29)38-13-11-36(50-38)41(28-16-22-45-23-17-28)34-9-7-32(39)48-34/h2-25,42,49H,1H3/b39-32-,40-33-,41-36-. The van der Waals surface area contributed by atoms with Gasteiger partial charge in [-0.2, -0.15) is 0 Å². The van der Waals surface area contributed by atoms with E-state index in [4.69, 9.17) is 19.7 Å². The molecule has 9 heteroatoms. The van der Waals surface area contributed by atoms with Crippen molar-refractivity contribution in [1.82, 2.24) is 19.9 Å². The average Bonchev–Trinajstić information content (AvgIpc) is 4.04. The third-order valence-corrected chi connectivity index (χ3v) is 9.38. The van der Waals surface area contributed by atoms with E-state index in [0.29, 0.717) is 5.56 Å². The largest absolute Gasteiger partial charge is 0.465 e. The van der Waals surface area contributed by atoms with E-state index < -0.39 is 5.97 Å². The van der Waals surface area contributed by atoms with Crippen LogP contribution in [0.3, 0.4) is 0 Å². The molecule has 1 atom stereocenters. The number of benzene rings is 1. The summed E-state index contributed by atoms with van der Waals surface area (Å²) >= 11 is 0. The Balaban J connectivity index is 1.33. The number of aromatic amines is 1. The molecule has 4 aliphatic heterocycles. The van der Waals surface area contributed by atoms with Gasteiger partial charge in [0.15, 0.2) is 0 Å². The Morgan fingerprint density at radius 3 is 1.69 bits per heavy atom. The fourth-order valence-electron chi connectivity index (χ4n) is 6.97. The van der Waals surface area contributed by atoms with E-state index >= 15 is 0 Å². The summed E-state index contributed by atoms with van der Waals surface area (Å²) in [4.78, 5) is 44.8. The molecular formula is C43H29N7O2. The summed E-state index contributed by atoms with van der Waals surface area (Å²) in [6.07, 6.45) is 23.0. The number of H-pyrrole nitrogens is 1. The number of carbonyl (C=O) groups excluding carboxylic acids is 1. The SMILES string of the molecule is COC(=O)c1ccc(/C2=C3\C=CC(=N3)/C(c3ccncc3)=C3/C=CC(=N3)C(c3ccncc3)c3ccc([nH]3)/C(c3ccncc3)=C3/C=CC2=N3)cc1. The molecule has 0 radical (unpaired) electrons. The quantitative estimate of drug-likeness (QED) is 0.191. The number of esters is 1. The molecule has 0 amide bonds. The minimum absolute atomic E-state index is 0.199. The molecule has 248 valence electrons. The van der Waals surface area contributed by atoms with Crippen molar-refractivity contribution in [2.24, 2.45) is 15.0 Å². The van der Waals surface area contributed by atoms with Gasteiger partial charge in [0.05, 0.1) is 52.8 Å². The summed E-state index contributed by atoms with van der Waals surface area (Å²) < 4.78 is 4.97. The van der Waals surface area contributed by atoms with Crippen molar-refractivity contribution >= 4 is 39.8 Å². The molecule has 1 aromatic carbocycles. The van der Waals surface area contributed by atoms with Gasteiger partial charge in [-0.25, -0.2) is 14.8 Å². The van der Waals surface area contributed by atoms with Crippen LogP contribution in [0.25, 0.3) is 16.7 Å². The average molecular weight is 676 g/mol. The van der Waals surface area contributed by atoms with Crippen molar-refractivity contribution < 1.29 is 9.53 Å². The lowest BCUT2D eigenvalue weighted by molar-refractivity contribution is 0.0600. The second kappa shape index (κ2) is 13.0. The molecule has 4 aliphatic rings. The van der Waals surface area contributed by atoms with Crippen LogP contribution < -0.4 is 0 Å². The van der Waals surface area contributed by atoms with E-state index in [-0.39, 0.29) is 5.92 Å². The fraction of sp³-hybridized carbons (Fsp3) is 0.0465. The highest BCUT2D eigenvalue weighted by atomic mass is 16.5. The van der Waals surface area contributed by atoms with Gasteiger partial charge in [0.1, 0.15) is 0 Å². The Labute approximate surface area is 299 Å². The minimum Gasteiger partial charge on any atom is -0.465 e. The van der Waals surface area contributed by atoms with Crippen molar-refractivity contribution in [3.63, 3.8) is 0 Å². The van der Waals surface area contributed by atoms with Gasteiger partial charge in [-0.1, -0.05) is 12.1 Å². The highest BCUT2D eigenvalue weighted by molar-refractivity contribution is 6.36.